The number of hydrogen-bond acceptors (Lipinski definition) is 5. The van der Waals surface area contributed by atoms with E-state index in [1.807, 2.05) is 6.07 Å². The monoisotopic (exact) mass is 248 g/mol. The number of nitrogens with zero attached hydrogens (tertiary/aromatic N) is 3. The molecule has 0 fully saturated rings. The van der Waals surface area contributed by atoms with Gasteiger partial charge in [0, 0.05) is 31.4 Å². The Morgan fingerprint density at radius 3 is 2.83 bits per heavy atom. The highest BCUT2D eigenvalue weighted by molar-refractivity contribution is 5.99. The lowest BCUT2D eigenvalue weighted by molar-refractivity contribution is -0.384. The summed E-state index contributed by atoms with van der Waals surface area (Å²) in [5, 5.41) is 19.1. The highest BCUT2D eigenvalue weighted by atomic mass is 16.6. The molecule has 0 aliphatic rings. The fourth-order valence-electron chi connectivity index (χ4n) is 1.37. The molecule has 2 N–H and O–H groups in total. The Labute approximate surface area is 104 Å². The molecule has 0 aliphatic carbocycles. The van der Waals surface area contributed by atoms with Crippen LogP contribution in [0.25, 0.3) is 0 Å². The lowest BCUT2D eigenvalue weighted by atomic mass is 10.1. The van der Waals surface area contributed by atoms with Gasteiger partial charge in [-0.15, -0.1) is 0 Å². The summed E-state index contributed by atoms with van der Waals surface area (Å²) in [4.78, 5) is 23.3. The average Bonchev–Trinajstić information content (AvgIpc) is 2.35. The maximum absolute atomic E-state index is 12.0. The van der Waals surface area contributed by atoms with E-state index in [1.165, 1.54) is 24.1 Å². The van der Waals surface area contributed by atoms with Crippen LogP contribution in [0.3, 0.4) is 0 Å². The van der Waals surface area contributed by atoms with Crippen LogP contribution in [0.4, 0.5) is 11.4 Å². The average molecular weight is 248 g/mol. The number of non-ortho nitro benzene ring substituents is 1. The number of benzene rings is 1. The smallest absolute Gasteiger partial charge is 0.270 e. The molecule has 1 amide bonds. The van der Waals surface area contributed by atoms with Crippen molar-refractivity contribution in [2.24, 2.45) is 0 Å². The van der Waals surface area contributed by atoms with Gasteiger partial charge in [-0.25, -0.2) is 0 Å². The topological polar surface area (TPSA) is 113 Å². The zero-order valence-electron chi connectivity index (χ0n) is 9.79. The summed E-state index contributed by atoms with van der Waals surface area (Å²) in [6, 6.07) is 5.62. The molecular weight excluding hydrogens is 236 g/mol. The Bertz CT molecular complexity index is 522. The number of nitrogens with two attached hydrogens (primary N) is 1. The number of anilines is 1. The lowest BCUT2D eigenvalue weighted by Crippen LogP contribution is -2.28. The van der Waals surface area contributed by atoms with Crippen LogP contribution >= 0.6 is 0 Å². The SMILES string of the molecule is CN(CCC#N)C(=O)c1cc([N+](=O)[O-])ccc1N. The third-order valence-corrected chi connectivity index (χ3v) is 2.38. The van der Waals surface area contributed by atoms with Crippen LogP contribution in [0.5, 0.6) is 0 Å². The van der Waals surface area contributed by atoms with Gasteiger partial charge >= 0.3 is 0 Å². The van der Waals surface area contributed by atoms with Gasteiger partial charge in [0.05, 0.1) is 23.0 Å². The first-order valence-corrected chi connectivity index (χ1v) is 5.13. The number of carbonyl (C=O) groups excluding carboxylic acids is 1. The van der Waals surface area contributed by atoms with Crippen LogP contribution in [0.15, 0.2) is 18.2 Å². The molecule has 0 heterocycles. The molecule has 18 heavy (non-hydrogen) atoms. The summed E-state index contributed by atoms with van der Waals surface area (Å²) >= 11 is 0. The zero-order chi connectivity index (χ0) is 13.7. The number of nitrogen functional groups attached to an aromatic ring is 1. The predicted octanol–water partition coefficient (Wildman–Crippen LogP) is 1.16. The van der Waals surface area contributed by atoms with E-state index in [2.05, 4.69) is 0 Å². The molecule has 0 saturated heterocycles. The summed E-state index contributed by atoms with van der Waals surface area (Å²) < 4.78 is 0. The molecule has 1 rings (SSSR count). The quantitative estimate of drug-likeness (QED) is 0.488. The first-order valence-electron chi connectivity index (χ1n) is 5.13. The molecule has 0 radical (unpaired) electrons. The van der Waals surface area contributed by atoms with Crippen molar-refractivity contribution in [2.75, 3.05) is 19.3 Å². The molecule has 0 aliphatic heterocycles. The van der Waals surface area contributed by atoms with Gasteiger partial charge in [-0.2, -0.15) is 5.26 Å². The van der Waals surface area contributed by atoms with Crippen molar-refractivity contribution in [3.63, 3.8) is 0 Å². The molecule has 0 atom stereocenters. The zero-order valence-corrected chi connectivity index (χ0v) is 9.79. The maximum Gasteiger partial charge on any atom is 0.270 e. The lowest BCUT2D eigenvalue weighted by Gasteiger charge is -2.16. The highest BCUT2D eigenvalue weighted by Gasteiger charge is 2.18. The van der Waals surface area contributed by atoms with Gasteiger partial charge in [0.25, 0.3) is 11.6 Å². The fourth-order valence-corrected chi connectivity index (χ4v) is 1.37. The van der Waals surface area contributed by atoms with E-state index in [4.69, 9.17) is 11.0 Å². The van der Waals surface area contributed by atoms with E-state index in [0.29, 0.717) is 0 Å². The largest absolute Gasteiger partial charge is 0.398 e. The summed E-state index contributed by atoms with van der Waals surface area (Å²) in [6.45, 7) is 0.247. The molecule has 7 heteroatoms. The molecule has 0 aromatic heterocycles. The second kappa shape index (κ2) is 5.63. The normalized spacial score (nSPS) is 9.56. The number of amides is 1. The highest BCUT2D eigenvalue weighted by Crippen LogP contribution is 2.20. The van der Waals surface area contributed by atoms with Crippen molar-refractivity contribution in [3.8, 4) is 6.07 Å². The first-order chi connectivity index (χ1) is 8.47. The van der Waals surface area contributed by atoms with Crippen molar-refractivity contribution in [1.82, 2.24) is 4.90 Å². The first kappa shape index (κ1) is 13.4. The van der Waals surface area contributed by atoms with E-state index in [9.17, 15) is 14.9 Å². The van der Waals surface area contributed by atoms with Crippen molar-refractivity contribution in [2.45, 2.75) is 6.42 Å². The van der Waals surface area contributed by atoms with Gasteiger partial charge in [0.2, 0.25) is 0 Å². The van der Waals surface area contributed by atoms with E-state index < -0.39 is 10.8 Å². The summed E-state index contributed by atoms with van der Waals surface area (Å²) in [6.07, 6.45) is 0.192. The molecular formula is C11H12N4O3. The minimum Gasteiger partial charge on any atom is -0.398 e. The summed E-state index contributed by atoms with van der Waals surface area (Å²) in [5.74, 6) is -0.438. The van der Waals surface area contributed by atoms with Crippen LogP contribution in [0.2, 0.25) is 0 Å². The van der Waals surface area contributed by atoms with E-state index >= 15 is 0 Å². The molecule has 0 unspecified atom stereocenters. The predicted molar refractivity (Wildman–Crippen MR) is 64.7 cm³/mol. The molecule has 1 aromatic carbocycles. The van der Waals surface area contributed by atoms with E-state index in [1.54, 1.807) is 0 Å². The molecule has 7 nitrogen and oxygen atoms in total. The Kier molecular flexibility index (Phi) is 4.21. The minimum atomic E-state index is -0.592. The molecule has 0 spiro atoms. The van der Waals surface area contributed by atoms with Crippen molar-refractivity contribution < 1.29 is 9.72 Å². The van der Waals surface area contributed by atoms with Crippen LogP contribution in [-0.2, 0) is 0 Å². The summed E-state index contributed by atoms with van der Waals surface area (Å²) in [7, 11) is 1.51. The van der Waals surface area contributed by atoms with Gasteiger partial charge in [-0.1, -0.05) is 0 Å². The second-order valence-electron chi connectivity index (χ2n) is 3.66. The third kappa shape index (κ3) is 2.95. The van der Waals surface area contributed by atoms with Crippen molar-refractivity contribution in [3.05, 3.63) is 33.9 Å². The molecule has 94 valence electrons. The molecule has 0 saturated carbocycles. The Hall–Kier alpha value is -2.62. The van der Waals surface area contributed by atoms with Gasteiger partial charge in [-0.3, -0.25) is 14.9 Å². The van der Waals surface area contributed by atoms with Crippen LogP contribution < -0.4 is 5.73 Å². The Morgan fingerprint density at radius 2 is 2.28 bits per heavy atom. The number of rotatable bonds is 4. The van der Waals surface area contributed by atoms with Crippen LogP contribution in [-0.4, -0.2) is 29.3 Å². The van der Waals surface area contributed by atoms with E-state index in [-0.39, 0.29) is 29.9 Å². The third-order valence-electron chi connectivity index (χ3n) is 2.38. The van der Waals surface area contributed by atoms with Crippen LogP contribution in [0.1, 0.15) is 16.8 Å². The summed E-state index contributed by atoms with van der Waals surface area (Å²) in [5.41, 5.74) is 5.68. The fraction of sp³-hybridized carbons (Fsp3) is 0.273. The number of nitro benzene ring substituents is 1. The minimum absolute atomic E-state index is 0.0737. The van der Waals surface area contributed by atoms with Gasteiger partial charge in [0.15, 0.2) is 0 Å². The van der Waals surface area contributed by atoms with Gasteiger partial charge in [-0.05, 0) is 6.07 Å². The van der Waals surface area contributed by atoms with Gasteiger partial charge < -0.3 is 10.6 Å². The number of nitriles is 1. The van der Waals surface area contributed by atoms with E-state index in [0.717, 1.165) is 6.07 Å². The Balaban J connectivity index is 3.01. The van der Waals surface area contributed by atoms with Crippen molar-refractivity contribution >= 4 is 17.3 Å². The van der Waals surface area contributed by atoms with Crippen LogP contribution in [0, 0.1) is 21.4 Å². The van der Waals surface area contributed by atoms with Crippen molar-refractivity contribution in [1.29, 1.82) is 5.26 Å². The second-order valence-corrected chi connectivity index (χ2v) is 3.66. The molecule has 0 bridgehead atoms. The van der Waals surface area contributed by atoms with Gasteiger partial charge in [0.1, 0.15) is 0 Å². The number of nitro groups is 1. The maximum atomic E-state index is 12.0. The number of hydrogen-bond donors (Lipinski definition) is 1. The standard InChI is InChI=1S/C11H12N4O3/c1-14(6-2-5-12)11(16)9-7-8(15(17)18)3-4-10(9)13/h3-4,7H,2,6,13H2,1H3. The molecule has 1 aromatic rings. The Morgan fingerprint density at radius 1 is 1.61 bits per heavy atom. The number of carbonyl (C=O) groups is 1.